The normalized spacial score (nSPS) is 12.9. The van der Waals surface area contributed by atoms with E-state index >= 15 is 0 Å². The first-order chi connectivity index (χ1) is 5.59. The smallest absolute Gasteiger partial charge is 0.130 e. The summed E-state index contributed by atoms with van der Waals surface area (Å²) in [7, 11) is 0. The van der Waals surface area contributed by atoms with Crippen molar-refractivity contribution >= 4 is 0 Å². The summed E-state index contributed by atoms with van der Waals surface area (Å²) in [5.41, 5.74) is 6.05. The molecule has 0 heterocycles. The van der Waals surface area contributed by atoms with E-state index in [9.17, 15) is 4.39 Å². The van der Waals surface area contributed by atoms with E-state index in [0.717, 1.165) is 6.07 Å². The fourth-order valence-corrected chi connectivity index (χ4v) is 1.05. The zero-order chi connectivity index (χ0) is 9.14. The van der Waals surface area contributed by atoms with Crippen LogP contribution < -0.4 is 5.73 Å². The van der Waals surface area contributed by atoms with Crippen molar-refractivity contribution in [2.75, 3.05) is 0 Å². The van der Waals surface area contributed by atoms with Crippen molar-refractivity contribution in [3.05, 3.63) is 29.6 Å². The molecule has 3 heteroatoms. The van der Waals surface area contributed by atoms with Gasteiger partial charge in [0.2, 0.25) is 0 Å². The minimum Gasteiger partial charge on any atom is -0.508 e. The van der Waals surface area contributed by atoms with Crippen molar-refractivity contribution < 1.29 is 9.50 Å². The Labute approximate surface area is 70.8 Å². The lowest BCUT2D eigenvalue weighted by Crippen LogP contribution is -2.18. The van der Waals surface area contributed by atoms with Gasteiger partial charge >= 0.3 is 0 Å². The standard InChI is InChI=1S/C9H12FNO/c1-6(11)4-7-2-3-8(12)5-9(7)10/h2-3,5-6,12H,4,11H2,1H3. The van der Waals surface area contributed by atoms with Gasteiger partial charge in [-0.2, -0.15) is 0 Å². The van der Waals surface area contributed by atoms with E-state index < -0.39 is 5.82 Å². The van der Waals surface area contributed by atoms with Crippen molar-refractivity contribution in [2.45, 2.75) is 19.4 Å². The number of hydrogen-bond acceptors (Lipinski definition) is 2. The number of rotatable bonds is 2. The molecule has 0 bridgehead atoms. The summed E-state index contributed by atoms with van der Waals surface area (Å²) in [6, 6.07) is 4.04. The SMILES string of the molecule is CC(N)Cc1ccc(O)cc1F. The molecule has 0 radical (unpaired) electrons. The largest absolute Gasteiger partial charge is 0.508 e. The van der Waals surface area contributed by atoms with E-state index in [1.54, 1.807) is 6.07 Å². The van der Waals surface area contributed by atoms with Gasteiger partial charge in [-0.25, -0.2) is 4.39 Å². The number of nitrogens with two attached hydrogens (primary N) is 1. The van der Waals surface area contributed by atoms with Crippen LogP contribution in [0.1, 0.15) is 12.5 Å². The molecule has 0 amide bonds. The highest BCUT2D eigenvalue weighted by Crippen LogP contribution is 2.15. The average Bonchev–Trinajstić information content (AvgIpc) is 1.94. The highest BCUT2D eigenvalue weighted by atomic mass is 19.1. The lowest BCUT2D eigenvalue weighted by Gasteiger charge is -2.05. The fourth-order valence-electron chi connectivity index (χ4n) is 1.05. The van der Waals surface area contributed by atoms with Gasteiger partial charge in [0.1, 0.15) is 11.6 Å². The lowest BCUT2D eigenvalue weighted by molar-refractivity contribution is 0.467. The third-order valence-corrected chi connectivity index (χ3v) is 1.58. The van der Waals surface area contributed by atoms with Crippen LogP contribution in [0.5, 0.6) is 5.75 Å². The Morgan fingerprint density at radius 2 is 2.25 bits per heavy atom. The predicted molar refractivity (Wildman–Crippen MR) is 45.4 cm³/mol. The highest BCUT2D eigenvalue weighted by Gasteiger charge is 2.04. The number of phenols is 1. The van der Waals surface area contributed by atoms with Crippen LogP contribution in [0.2, 0.25) is 0 Å². The van der Waals surface area contributed by atoms with Crippen molar-refractivity contribution in [3.63, 3.8) is 0 Å². The van der Waals surface area contributed by atoms with Crippen molar-refractivity contribution in [3.8, 4) is 5.75 Å². The summed E-state index contributed by atoms with van der Waals surface area (Å²) in [4.78, 5) is 0. The first-order valence-corrected chi connectivity index (χ1v) is 3.82. The molecule has 12 heavy (non-hydrogen) atoms. The molecule has 0 spiro atoms. The lowest BCUT2D eigenvalue weighted by atomic mass is 10.1. The van der Waals surface area contributed by atoms with Crippen LogP contribution in [0.4, 0.5) is 4.39 Å². The molecule has 0 aliphatic rings. The minimum atomic E-state index is -0.396. The van der Waals surface area contributed by atoms with Gasteiger partial charge in [-0.1, -0.05) is 6.07 Å². The van der Waals surface area contributed by atoms with Gasteiger partial charge in [0.05, 0.1) is 0 Å². The molecule has 66 valence electrons. The van der Waals surface area contributed by atoms with Crippen LogP contribution in [-0.4, -0.2) is 11.1 Å². The Morgan fingerprint density at radius 3 is 2.75 bits per heavy atom. The molecule has 0 saturated carbocycles. The summed E-state index contributed by atoms with van der Waals surface area (Å²) < 4.78 is 13.0. The number of phenolic OH excluding ortho intramolecular Hbond substituents is 1. The summed E-state index contributed by atoms with van der Waals surface area (Å²) in [5.74, 6) is -0.451. The van der Waals surface area contributed by atoms with Gasteiger partial charge in [-0.05, 0) is 25.0 Å². The van der Waals surface area contributed by atoms with E-state index in [2.05, 4.69) is 0 Å². The maximum atomic E-state index is 13.0. The highest BCUT2D eigenvalue weighted by molar-refractivity contribution is 5.28. The van der Waals surface area contributed by atoms with Crippen LogP contribution in [-0.2, 0) is 6.42 Å². The summed E-state index contributed by atoms with van der Waals surface area (Å²) in [6.45, 7) is 1.81. The fraction of sp³-hybridized carbons (Fsp3) is 0.333. The molecule has 2 nitrogen and oxygen atoms in total. The van der Waals surface area contributed by atoms with Crippen LogP contribution in [0.15, 0.2) is 18.2 Å². The molecule has 1 unspecified atom stereocenters. The third kappa shape index (κ3) is 2.20. The van der Waals surface area contributed by atoms with E-state index in [-0.39, 0.29) is 11.8 Å². The van der Waals surface area contributed by atoms with Gasteiger partial charge in [-0.15, -0.1) is 0 Å². The Morgan fingerprint density at radius 1 is 1.58 bits per heavy atom. The first kappa shape index (κ1) is 9.00. The summed E-state index contributed by atoms with van der Waals surface area (Å²) in [6.07, 6.45) is 0.492. The quantitative estimate of drug-likeness (QED) is 0.703. The van der Waals surface area contributed by atoms with Gasteiger partial charge in [-0.3, -0.25) is 0 Å². The Hall–Kier alpha value is -1.09. The molecule has 0 aromatic heterocycles. The molecular formula is C9H12FNO. The van der Waals surface area contributed by atoms with Gasteiger partial charge in [0.25, 0.3) is 0 Å². The third-order valence-electron chi connectivity index (χ3n) is 1.58. The Balaban J connectivity index is 2.86. The van der Waals surface area contributed by atoms with Crippen molar-refractivity contribution in [1.29, 1.82) is 0 Å². The second-order valence-electron chi connectivity index (χ2n) is 2.96. The van der Waals surface area contributed by atoms with E-state index in [1.165, 1.54) is 6.07 Å². The van der Waals surface area contributed by atoms with Gasteiger partial charge < -0.3 is 10.8 Å². The second-order valence-corrected chi connectivity index (χ2v) is 2.96. The zero-order valence-electron chi connectivity index (χ0n) is 6.92. The maximum absolute atomic E-state index is 13.0. The van der Waals surface area contributed by atoms with E-state index in [0.29, 0.717) is 12.0 Å². The van der Waals surface area contributed by atoms with Crippen molar-refractivity contribution in [1.82, 2.24) is 0 Å². The Kier molecular flexibility index (Phi) is 2.65. The second kappa shape index (κ2) is 3.54. The number of hydrogen-bond donors (Lipinski definition) is 2. The average molecular weight is 169 g/mol. The number of halogens is 1. The van der Waals surface area contributed by atoms with Crippen LogP contribution >= 0.6 is 0 Å². The maximum Gasteiger partial charge on any atom is 0.130 e. The molecule has 1 atom stereocenters. The molecule has 1 aromatic carbocycles. The van der Waals surface area contributed by atoms with Crippen molar-refractivity contribution in [2.24, 2.45) is 5.73 Å². The molecule has 3 N–H and O–H groups in total. The predicted octanol–water partition coefficient (Wildman–Crippen LogP) is 1.42. The molecular weight excluding hydrogens is 157 g/mol. The first-order valence-electron chi connectivity index (χ1n) is 3.82. The van der Waals surface area contributed by atoms with E-state index in [1.807, 2.05) is 6.92 Å². The van der Waals surface area contributed by atoms with Crippen LogP contribution in [0.3, 0.4) is 0 Å². The molecule has 1 rings (SSSR count). The minimum absolute atomic E-state index is 0.0547. The van der Waals surface area contributed by atoms with Gasteiger partial charge in [0, 0.05) is 12.1 Å². The number of aromatic hydroxyl groups is 1. The van der Waals surface area contributed by atoms with Crippen LogP contribution in [0.25, 0.3) is 0 Å². The molecule has 0 fully saturated rings. The topological polar surface area (TPSA) is 46.2 Å². The monoisotopic (exact) mass is 169 g/mol. The van der Waals surface area contributed by atoms with E-state index in [4.69, 9.17) is 10.8 Å². The molecule has 0 saturated heterocycles. The zero-order valence-corrected chi connectivity index (χ0v) is 6.92. The molecule has 1 aromatic rings. The van der Waals surface area contributed by atoms with Crippen LogP contribution in [0, 0.1) is 5.82 Å². The van der Waals surface area contributed by atoms with Gasteiger partial charge in [0.15, 0.2) is 0 Å². The summed E-state index contributed by atoms with van der Waals surface area (Å²) in [5, 5.41) is 8.90. The molecule has 0 aliphatic carbocycles. The molecule has 0 aliphatic heterocycles. The number of benzene rings is 1. The summed E-state index contributed by atoms with van der Waals surface area (Å²) >= 11 is 0. The Bertz CT molecular complexity index is 273.